The Labute approximate surface area is 153 Å². The highest BCUT2D eigenvalue weighted by molar-refractivity contribution is 6.30. The number of benzene rings is 1. The van der Waals surface area contributed by atoms with Gasteiger partial charge < -0.3 is 9.42 Å². The first-order valence-corrected chi connectivity index (χ1v) is 9.46. The normalized spacial score (nSPS) is 17.7. The fourth-order valence-electron chi connectivity index (χ4n) is 3.24. The average Bonchev–Trinajstić information content (AvgIpc) is 3.12. The Morgan fingerprint density at radius 3 is 2.84 bits per heavy atom. The minimum Gasteiger partial charge on any atom is -0.337 e. The number of aromatic nitrogens is 2. The molecule has 0 bridgehead atoms. The molecule has 0 radical (unpaired) electrons. The second-order valence-corrected chi connectivity index (χ2v) is 6.96. The van der Waals surface area contributed by atoms with Crippen molar-refractivity contribution in [3.05, 3.63) is 35.2 Å². The lowest BCUT2D eigenvalue weighted by Gasteiger charge is -2.33. The van der Waals surface area contributed by atoms with E-state index in [-0.39, 0.29) is 11.9 Å². The van der Waals surface area contributed by atoms with Gasteiger partial charge in [0.1, 0.15) is 6.04 Å². The molecule has 0 spiro atoms. The molecule has 2 heterocycles. The van der Waals surface area contributed by atoms with Gasteiger partial charge in [0.15, 0.2) is 0 Å². The van der Waals surface area contributed by atoms with Gasteiger partial charge in [0.2, 0.25) is 17.6 Å². The van der Waals surface area contributed by atoms with Gasteiger partial charge in [-0.05, 0) is 49.9 Å². The van der Waals surface area contributed by atoms with Gasteiger partial charge in [-0.2, -0.15) is 4.98 Å². The maximum atomic E-state index is 12.6. The summed E-state index contributed by atoms with van der Waals surface area (Å²) in [5, 5.41) is 4.76. The largest absolute Gasteiger partial charge is 0.337 e. The molecule has 25 heavy (non-hydrogen) atoms. The Hall–Kier alpha value is -1.88. The summed E-state index contributed by atoms with van der Waals surface area (Å²) in [6, 6.07) is 7.24. The van der Waals surface area contributed by atoms with Gasteiger partial charge in [0, 0.05) is 23.6 Å². The van der Waals surface area contributed by atoms with E-state index in [4.69, 9.17) is 16.1 Å². The van der Waals surface area contributed by atoms with E-state index < -0.39 is 0 Å². The Kier molecular flexibility index (Phi) is 6.08. The molecule has 1 aliphatic rings. The van der Waals surface area contributed by atoms with Crippen LogP contribution >= 0.6 is 11.6 Å². The third-order valence-electron chi connectivity index (χ3n) is 4.65. The predicted octanol–water partition coefficient (Wildman–Crippen LogP) is 5.02. The Morgan fingerprint density at radius 1 is 1.28 bits per heavy atom. The van der Waals surface area contributed by atoms with Gasteiger partial charge >= 0.3 is 0 Å². The van der Waals surface area contributed by atoms with E-state index in [0.717, 1.165) is 50.6 Å². The minimum atomic E-state index is -0.101. The molecule has 1 aromatic heterocycles. The van der Waals surface area contributed by atoms with Crippen molar-refractivity contribution in [2.24, 2.45) is 0 Å². The summed E-state index contributed by atoms with van der Waals surface area (Å²) >= 11 is 5.92. The molecule has 0 N–H and O–H groups in total. The molecular formula is C19H24ClN3O2. The molecular weight excluding hydrogens is 338 g/mol. The quantitative estimate of drug-likeness (QED) is 0.677. The first-order chi connectivity index (χ1) is 12.2. The maximum absolute atomic E-state index is 12.6. The summed E-state index contributed by atoms with van der Waals surface area (Å²) in [4.78, 5) is 19.1. The Morgan fingerprint density at radius 2 is 2.08 bits per heavy atom. The predicted molar refractivity (Wildman–Crippen MR) is 97.2 cm³/mol. The maximum Gasteiger partial charge on any atom is 0.249 e. The number of carbonyl (C=O) groups excluding carboxylic acids is 1. The highest BCUT2D eigenvalue weighted by Gasteiger charge is 2.31. The van der Waals surface area contributed by atoms with Crippen LogP contribution in [0.15, 0.2) is 28.8 Å². The molecule has 2 aromatic rings. The van der Waals surface area contributed by atoms with Crippen molar-refractivity contribution in [3.8, 4) is 11.4 Å². The molecule has 0 aliphatic carbocycles. The van der Waals surface area contributed by atoms with E-state index in [0.29, 0.717) is 23.2 Å². The van der Waals surface area contributed by atoms with Crippen LogP contribution in [0.25, 0.3) is 11.4 Å². The van der Waals surface area contributed by atoms with Gasteiger partial charge in [-0.3, -0.25) is 4.79 Å². The second-order valence-electron chi connectivity index (χ2n) is 6.52. The number of nitrogens with zero attached hydrogens (tertiary/aromatic N) is 3. The van der Waals surface area contributed by atoms with Gasteiger partial charge in [0.25, 0.3) is 0 Å². The molecule has 5 nitrogen and oxygen atoms in total. The van der Waals surface area contributed by atoms with Crippen LogP contribution in [0.4, 0.5) is 0 Å². The van der Waals surface area contributed by atoms with Crippen molar-refractivity contribution in [1.29, 1.82) is 0 Å². The molecule has 3 rings (SSSR count). The SMILES string of the molecule is CCCCCC(=O)N1CCCC[C@@H]1c1nc(-c2ccc(Cl)cc2)no1. The van der Waals surface area contributed by atoms with Gasteiger partial charge in [-0.1, -0.05) is 36.5 Å². The topological polar surface area (TPSA) is 59.2 Å². The van der Waals surface area contributed by atoms with Crippen molar-refractivity contribution in [2.75, 3.05) is 6.54 Å². The molecule has 0 saturated carbocycles. The highest BCUT2D eigenvalue weighted by atomic mass is 35.5. The van der Waals surface area contributed by atoms with E-state index in [2.05, 4.69) is 17.1 Å². The summed E-state index contributed by atoms with van der Waals surface area (Å²) in [6.45, 7) is 2.92. The number of likely N-dealkylation sites (tertiary alicyclic amines) is 1. The molecule has 1 saturated heterocycles. The van der Waals surface area contributed by atoms with Gasteiger partial charge in [0.05, 0.1) is 0 Å². The lowest BCUT2D eigenvalue weighted by Crippen LogP contribution is -2.38. The summed E-state index contributed by atoms with van der Waals surface area (Å²) < 4.78 is 5.51. The first kappa shape index (κ1) is 17.9. The van der Waals surface area contributed by atoms with E-state index >= 15 is 0 Å². The molecule has 1 atom stereocenters. The lowest BCUT2D eigenvalue weighted by atomic mass is 10.0. The van der Waals surface area contributed by atoms with E-state index in [1.807, 2.05) is 17.0 Å². The number of unbranched alkanes of at least 4 members (excludes halogenated alkanes) is 2. The van der Waals surface area contributed by atoms with Crippen LogP contribution in [0.5, 0.6) is 0 Å². The van der Waals surface area contributed by atoms with E-state index in [9.17, 15) is 4.79 Å². The zero-order valence-corrected chi connectivity index (χ0v) is 15.3. The molecule has 1 aromatic carbocycles. The van der Waals surface area contributed by atoms with Crippen molar-refractivity contribution in [1.82, 2.24) is 15.0 Å². The number of piperidine rings is 1. The van der Waals surface area contributed by atoms with Crippen molar-refractivity contribution < 1.29 is 9.32 Å². The van der Waals surface area contributed by atoms with Crippen molar-refractivity contribution in [2.45, 2.75) is 57.9 Å². The minimum absolute atomic E-state index is 0.101. The third kappa shape index (κ3) is 4.40. The van der Waals surface area contributed by atoms with Crippen LogP contribution in [-0.4, -0.2) is 27.5 Å². The van der Waals surface area contributed by atoms with Crippen molar-refractivity contribution in [3.63, 3.8) is 0 Å². The van der Waals surface area contributed by atoms with Crippen LogP contribution < -0.4 is 0 Å². The molecule has 0 unspecified atom stereocenters. The van der Waals surface area contributed by atoms with Crippen LogP contribution in [0.3, 0.4) is 0 Å². The standard InChI is InChI=1S/C19H24ClN3O2/c1-2-3-4-8-17(24)23-13-6-5-7-16(23)19-21-18(22-25-19)14-9-11-15(20)12-10-14/h9-12,16H,2-8,13H2,1H3/t16-/m1/s1. The van der Waals surface area contributed by atoms with Crippen molar-refractivity contribution >= 4 is 17.5 Å². The number of carbonyl (C=O) groups is 1. The summed E-state index contributed by atoms with van der Waals surface area (Å²) in [5.74, 6) is 1.27. The number of rotatable bonds is 6. The monoisotopic (exact) mass is 361 g/mol. The molecule has 6 heteroatoms. The first-order valence-electron chi connectivity index (χ1n) is 9.08. The van der Waals surface area contributed by atoms with E-state index in [1.54, 1.807) is 12.1 Å². The van der Waals surface area contributed by atoms with Crippen LogP contribution in [0, 0.1) is 0 Å². The zero-order valence-electron chi connectivity index (χ0n) is 14.6. The summed E-state index contributed by atoms with van der Waals surface area (Å²) in [6.07, 6.45) is 6.73. The van der Waals surface area contributed by atoms with Gasteiger partial charge in [-0.25, -0.2) is 0 Å². The number of hydrogen-bond donors (Lipinski definition) is 0. The molecule has 1 fully saturated rings. The molecule has 134 valence electrons. The van der Waals surface area contributed by atoms with Crippen LogP contribution in [0.1, 0.15) is 63.8 Å². The number of amides is 1. The Balaban J connectivity index is 1.74. The van der Waals surface area contributed by atoms with Gasteiger partial charge in [-0.15, -0.1) is 0 Å². The highest BCUT2D eigenvalue weighted by Crippen LogP contribution is 2.32. The summed E-state index contributed by atoms with van der Waals surface area (Å²) in [5.41, 5.74) is 0.857. The molecule has 1 aliphatic heterocycles. The number of hydrogen-bond acceptors (Lipinski definition) is 4. The number of halogens is 1. The zero-order chi connectivity index (χ0) is 17.6. The fraction of sp³-hybridized carbons (Fsp3) is 0.526. The smallest absolute Gasteiger partial charge is 0.249 e. The fourth-order valence-corrected chi connectivity index (χ4v) is 3.37. The van der Waals surface area contributed by atoms with Crippen LogP contribution in [-0.2, 0) is 4.79 Å². The lowest BCUT2D eigenvalue weighted by molar-refractivity contribution is -0.135. The van der Waals surface area contributed by atoms with Crippen LogP contribution in [0.2, 0.25) is 5.02 Å². The third-order valence-corrected chi connectivity index (χ3v) is 4.90. The molecule has 1 amide bonds. The summed E-state index contributed by atoms with van der Waals surface area (Å²) in [7, 11) is 0. The average molecular weight is 362 g/mol. The second kappa shape index (κ2) is 8.48. The Bertz CT molecular complexity index is 699. The van der Waals surface area contributed by atoms with E-state index in [1.165, 1.54) is 0 Å².